The van der Waals surface area contributed by atoms with Gasteiger partial charge in [0.25, 0.3) is 0 Å². The highest BCUT2D eigenvalue weighted by atomic mass is 32.2. The molecule has 2 nitrogen and oxygen atoms in total. The largest absolute Gasteiger partial charge is 0.240 e. The lowest BCUT2D eigenvalue weighted by molar-refractivity contribution is 1.10. The molecule has 0 aliphatic rings. The standard InChI is InChI=1S/C26H20N2S/c27-19-24-23(21-12-6-2-7-13-21)18-25(22-14-8-3-9-15-22)28-26(24)29-17-16-20-10-4-1-5-11-20/h1-15,18H,16-17H2. The molecule has 0 atom stereocenters. The Morgan fingerprint density at radius 1 is 0.759 bits per heavy atom. The number of benzene rings is 3. The van der Waals surface area contributed by atoms with Gasteiger partial charge in [0.1, 0.15) is 11.1 Å². The zero-order chi connectivity index (χ0) is 19.9. The molecule has 0 N–H and O–H groups in total. The Kier molecular flexibility index (Phi) is 6.04. The van der Waals surface area contributed by atoms with E-state index in [1.54, 1.807) is 11.8 Å². The van der Waals surface area contributed by atoms with Crippen LogP contribution in [-0.4, -0.2) is 10.7 Å². The summed E-state index contributed by atoms with van der Waals surface area (Å²) in [6, 6.07) is 35.1. The molecule has 0 radical (unpaired) electrons. The van der Waals surface area contributed by atoms with Gasteiger partial charge in [-0.1, -0.05) is 91.0 Å². The predicted octanol–water partition coefficient (Wildman–Crippen LogP) is 6.62. The highest BCUT2D eigenvalue weighted by Gasteiger charge is 2.15. The predicted molar refractivity (Wildman–Crippen MR) is 121 cm³/mol. The molecular weight excluding hydrogens is 372 g/mol. The Bertz CT molecular complexity index is 1120. The van der Waals surface area contributed by atoms with E-state index in [1.165, 1.54) is 5.56 Å². The first-order chi connectivity index (χ1) is 14.3. The summed E-state index contributed by atoms with van der Waals surface area (Å²) in [5, 5.41) is 10.7. The number of nitrogens with zero attached hydrogens (tertiary/aromatic N) is 2. The third kappa shape index (κ3) is 4.56. The van der Waals surface area contributed by atoms with Crippen LogP contribution in [0.5, 0.6) is 0 Å². The fourth-order valence-electron chi connectivity index (χ4n) is 3.25. The van der Waals surface area contributed by atoms with E-state index in [2.05, 4.69) is 42.5 Å². The van der Waals surface area contributed by atoms with Gasteiger partial charge in [-0.3, -0.25) is 0 Å². The van der Waals surface area contributed by atoms with Crippen LogP contribution in [0, 0.1) is 11.3 Å². The van der Waals surface area contributed by atoms with Crippen LogP contribution < -0.4 is 0 Å². The van der Waals surface area contributed by atoms with E-state index < -0.39 is 0 Å². The molecule has 0 fully saturated rings. The monoisotopic (exact) mass is 392 g/mol. The Hall–Kier alpha value is -3.35. The summed E-state index contributed by atoms with van der Waals surface area (Å²) in [6.45, 7) is 0. The van der Waals surface area contributed by atoms with Crippen LogP contribution in [0.3, 0.4) is 0 Å². The second kappa shape index (κ2) is 9.23. The number of aromatic nitrogens is 1. The van der Waals surface area contributed by atoms with Crippen LogP contribution in [-0.2, 0) is 6.42 Å². The molecule has 4 aromatic rings. The first kappa shape index (κ1) is 19.0. The van der Waals surface area contributed by atoms with Crippen molar-refractivity contribution in [1.29, 1.82) is 5.26 Å². The first-order valence-corrected chi connectivity index (χ1v) is 10.6. The summed E-state index contributed by atoms with van der Waals surface area (Å²) in [5.74, 6) is 0.873. The van der Waals surface area contributed by atoms with Crippen LogP contribution in [0.2, 0.25) is 0 Å². The van der Waals surface area contributed by atoms with Gasteiger partial charge in [-0.25, -0.2) is 4.98 Å². The lowest BCUT2D eigenvalue weighted by atomic mass is 9.99. The molecule has 4 rings (SSSR count). The number of hydrogen-bond donors (Lipinski definition) is 0. The van der Waals surface area contributed by atoms with E-state index in [-0.39, 0.29) is 0 Å². The smallest absolute Gasteiger partial charge is 0.115 e. The molecule has 1 heterocycles. The number of rotatable bonds is 6. The highest BCUT2D eigenvalue weighted by molar-refractivity contribution is 7.99. The molecule has 3 heteroatoms. The fourth-order valence-corrected chi connectivity index (χ4v) is 4.24. The lowest BCUT2D eigenvalue weighted by Gasteiger charge is -2.12. The van der Waals surface area contributed by atoms with Gasteiger partial charge in [-0.2, -0.15) is 5.26 Å². The molecule has 0 bridgehead atoms. The van der Waals surface area contributed by atoms with Gasteiger partial charge >= 0.3 is 0 Å². The van der Waals surface area contributed by atoms with Gasteiger partial charge in [-0.05, 0) is 23.6 Å². The molecule has 1 aromatic heterocycles. The number of hydrogen-bond acceptors (Lipinski definition) is 3. The van der Waals surface area contributed by atoms with E-state index >= 15 is 0 Å². The third-order valence-electron chi connectivity index (χ3n) is 4.72. The first-order valence-electron chi connectivity index (χ1n) is 9.58. The summed E-state index contributed by atoms with van der Waals surface area (Å²) >= 11 is 1.65. The number of thioether (sulfide) groups is 1. The van der Waals surface area contributed by atoms with Crippen molar-refractivity contribution in [2.45, 2.75) is 11.4 Å². The summed E-state index contributed by atoms with van der Waals surface area (Å²) in [5.41, 5.74) is 5.86. The van der Waals surface area contributed by atoms with E-state index in [0.717, 1.165) is 39.6 Å². The van der Waals surface area contributed by atoms with Crippen molar-refractivity contribution >= 4 is 11.8 Å². The fraction of sp³-hybridized carbons (Fsp3) is 0.0769. The molecule has 0 saturated carbocycles. The summed E-state index contributed by atoms with van der Waals surface area (Å²) in [4.78, 5) is 4.87. The lowest BCUT2D eigenvalue weighted by Crippen LogP contribution is -1.97. The molecule has 0 aliphatic heterocycles. The van der Waals surface area contributed by atoms with Crippen molar-refractivity contribution < 1.29 is 0 Å². The molecule has 0 saturated heterocycles. The Labute approximate surface area is 175 Å². The van der Waals surface area contributed by atoms with Gasteiger partial charge in [0, 0.05) is 16.9 Å². The minimum atomic E-state index is 0.647. The van der Waals surface area contributed by atoms with Crippen LogP contribution in [0.1, 0.15) is 11.1 Å². The maximum Gasteiger partial charge on any atom is 0.115 e. The molecule has 0 amide bonds. The van der Waals surface area contributed by atoms with E-state index in [4.69, 9.17) is 4.98 Å². The zero-order valence-corrected chi connectivity index (χ0v) is 16.8. The summed E-state index contributed by atoms with van der Waals surface area (Å²) < 4.78 is 0. The molecule has 0 spiro atoms. The van der Waals surface area contributed by atoms with Gasteiger partial charge < -0.3 is 0 Å². The van der Waals surface area contributed by atoms with Crippen LogP contribution in [0.4, 0.5) is 0 Å². The van der Waals surface area contributed by atoms with E-state index in [1.807, 2.05) is 60.7 Å². The molecule has 0 unspecified atom stereocenters. The maximum atomic E-state index is 9.94. The van der Waals surface area contributed by atoms with Crippen molar-refractivity contribution in [1.82, 2.24) is 4.98 Å². The van der Waals surface area contributed by atoms with Crippen LogP contribution in [0.25, 0.3) is 22.4 Å². The minimum Gasteiger partial charge on any atom is -0.240 e. The highest BCUT2D eigenvalue weighted by Crippen LogP contribution is 2.34. The number of pyridine rings is 1. The molecule has 0 aliphatic carbocycles. The second-order valence-electron chi connectivity index (χ2n) is 6.66. The summed E-state index contributed by atoms with van der Waals surface area (Å²) in [6.07, 6.45) is 0.939. The number of nitriles is 1. The molecule has 29 heavy (non-hydrogen) atoms. The van der Waals surface area contributed by atoms with Crippen molar-refractivity contribution in [3.8, 4) is 28.5 Å². The van der Waals surface area contributed by atoms with Gasteiger partial charge in [-0.15, -0.1) is 11.8 Å². The summed E-state index contributed by atoms with van der Waals surface area (Å²) in [7, 11) is 0. The van der Waals surface area contributed by atoms with E-state index in [9.17, 15) is 5.26 Å². The van der Waals surface area contributed by atoms with Crippen molar-refractivity contribution in [2.75, 3.05) is 5.75 Å². The SMILES string of the molecule is N#Cc1c(-c2ccccc2)cc(-c2ccccc2)nc1SCCc1ccccc1. The van der Waals surface area contributed by atoms with Crippen LogP contribution >= 0.6 is 11.8 Å². The Morgan fingerprint density at radius 3 is 1.97 bits per heavy atom. The normalized spacial score (nSPS) is 10.4. The minimum absolute atomic E-state index is 0.647. The molecule has 140 valence electrons. The molecular formula is C26H20N2S. The van der Waals surface area contributed by atoms with Crippen molar-refractivity contribution in [3.63, 3.8) is 0 Å². The van der Waals surface area contributed by atoms with Gasteiger partial charge in [0.15, 0.2) is 0 Å². The van der Waals surface area contributed by atoms with Gasteiger partial charge in [0.05, 0.1) is 11.3 Å². The van der Waals surface area contributed by atoms with Crippen molar-refractivity contribution in [3.05, 3.63) is 108 Å². The molecule has 3 aromatic carbocycles. The zero-order valence-electron chi connectivity index (χ0n) is 16.0. The quantitative estimate of drug-likeness (QED) is 0.346. The maximum absolute atomic E-state index is 9.94. The topological polar surface area (TPSA) is 36.7 Å². The van der Waals surface area contributed by atoms with Gasteiger partial charge in [0.2, 0.25) is 0 Å². The van der Waals surface area contributed by atoms with Crippen molar-refractivity contribution in [2.24, 2.45) is 0 Å². The second-order valence-corrected chi connectivity index (χ2v) is 7.75. The number of aryl methyl sites for hydroxylation is 1. The average Bonchev–Trinajstić information content (AvgIpc) is 2.80. The third-order valence-corrected chi connectivity index (χ3v) is 5.70. The Morgan fingerprint density at radius 2 is 1.34 bits per heavy atom. The van der Waals surface area contributed by atoms with E-state index in [0.29, 0.717) is 5.56 Å². The average molecular weight is 393 g/mol. The van der Waals surface area contributed by atoms with Crippen LogP contribution in [0.15, 0.2) is 102 Å². The Balaban J connectivity index is 1.73.